The van der Waals surface area contributed by atoms with Gasteiger partial charge in [-0.2, -0.15) is 0 Å². The molecular formula is C16H14O3. The van der Waals surface area contributed by atoms with Gasteiger partial charge in [0.15, 0.2) is 5.78 Å². The molecule has 2 rings (SSSR count). The van der Waals surface area contributed by atoms with Crippen molar-refractivity contribution in [2.75, 3.05) is 0 Å². The van der Waals surface area contributed by atoms with Crippen molar-refractivity contribution in [1.82, 2.24) is 0 Å². The van der Waals surface area contributed by atoms with Crippen LogP contribution < -0.4 is 4.74 Å². The predicted molar refractivity (Wildman–Crippen MR) is 74.4 cm³/mol. The summed E-state index contributed by atoms with van der Waals surface area (Å²) in [6.07, 6.45) is 0. The van der Waals surface area contributed by atoms with Crippen molar-refractivity contribution in [3.8, 4) is 5.75 Å². The van der Waals surface area contributed by atoms with Gasteiger partial charge in [-0.15, -0.1) is 0 Å². The Balaban J connectivity index is 2.49. The molecule has 0 aliphatic rings. The first-order valence-corrected chi connectivity index (χ1v) is 5.90. The number of fused-ring (bicyclic) bond motifs is 1. The zero-order valence-electron chi connectivity index (χ0n) is 10.9. The summed E-state index contributed by atoms with van der Waals surface area (Å²) in [7, 11) is 0. The molecule has 3 nitrogen and oxygen atoms in total. The van der Waals surface area contributed by atoms with E-state index in [4.69, 9.17) is 4.74 Å². The van der Waals surface area contributed by atoms with Gasteiger partial charge >= 0.3 is 5.97 Å². The summed E-state index contributed by atoms with van der Waals surface area (Å²) in [5.74, 6) is 0.0231. The zero-order valence-corrected chi connectivity index (χ0v) is 10.9. The molecule has 0 aliphatic heterocycles. The van der Waals surface area contributed by atoms with Gasteiger partial charge in [-0.05, 0) is 37.4 Å². The summed E-state index contributed by atoms with van der Waals surface area (Å²) < 4.78 is 5.27. The maximum Gasteiger partial charge on any atom is 0.338 e. The Bertz CT molecular complexity index is 683. The number of ketones is 1. The van der Waals surface area contributed by atoms with Gasteiger partial charge in [0.2, 0.25) is 0 Å². The number of carbonyl (C=O) groups is 2. The lowest BCUT2D eigenvalue weighted by Gasteiger charge is -2.08. The number of esters is 1. The van der Waals surface area contributed by atoms with Crippen molar-refractivity contribution in [2.45, 2.75) is 13.8 Å². The van der Waals surface area contributed by atoms with Crippen molar-refractivity contribution in [1.29, 1.82) is 0 Å². The summed E-state index contributed by atoms with van der Waals surface area (Å²) in [5.41, 5.74) is 0.980. The van der Waals surface area contributed by atoms with Crippen LogP contribution in [-0.4, -0.2) is 11.8 Å². The molecule has 0 aromatic heterocycles. The van der Waals surface area contributed by atoms with Gasteiger partial charge in [-0.25, -0.2) is 4.79 Å². The SMILES string of the molecule is C=C(C)C(=O)Oc1cccc2cc(C(C)=O)ccc12. The predicted octanol–water partition coefficient (Wildman–Crippen LogP) is 3.52. The molecule has 3 heteroatoms. The van der Waals surface area contributed by atoms with E-state index >= 15 is 0 Å². The fourth-order valence-electron chi connectivity index (χ4n) is 1.75. The van der Waals surface area contributed by atoms with E-state index in [0.717, 1.165) is 10.8 Å². The number of hydrogen-bond acceptors (Lipinski definition) is 3. The van der Waals surface area contributed by atoms with E-state index in [-0.39, 0.29) is 5.78 Å². The highest BCUT2D eigenvalue weighted by molar-refractivity contribution is 6.00. The van der Waals surface area contributed by atoms with Crippen LogP contribution in [0.4, 0.5) is 0 Å². The lowest BCUT2D eigenvalue weighted by atomic mass is 10.0. The number of hydrogen-bond donors (Lipinski definition) is 0. The molecule has 2 aromatic rings. The topological polar surface area (TPSA) is 43.4 Å². The molecule has 0 unspecified atom stereocenters. The maximum absolute atomic E-state index is 11.6. The molecule has 19 heavy (non-hydrogen) atoms. The van der Waals surface area contributed by atoms with Crippen LogP contribution in [0.15, 0.2) is 48.6 Å². The minimum atomic E-state index is -0.455. The highest BCUT2D eigenvalue weighted by atomic mass is 16.5. The lowest BCUT2D eigenvalue weighted by Crippen LogP contribution is -2.08. The number of Topliss-reactive ketones (excluding diaryl/α,β-unsaturated/α-hetero) is 1. The van der Waals surface area contributed by atoms with E-state index in [2.05, 4.69) is 6.58 Å². The molecule has 0 heterocycles. The third kappa shape index (κ3) is 2.71. The molecule has 0 aliphatic carbocycles. The molecule has 0 bridgehead atoms. The summed E-state index contributed by atoms with van der Waals surface area (Å²) in [6.45, 7) is 6.67. The molecule has 2 aromatic carbocycles. The molecule has 0 saturated carbocycles. The summed E-state index contributed by atoms with van der Waals surface area (Å²) >= 11 is 0. The van der Waals surface area contributed by atoms with Gasteiger partial charge in [0.25, 0.3) is 0 Å². The van der Waals surface area contributed by atoms with Crippen LogP contribution in [-0.2, 0) is 4.79 Å². The average molecular weight is 254 g/mol. The van der Waals surface area contributed by atoms with Gasteiger partial charge in [-0.3, -0.25) is 4.79 Å². The number of ether oxygens (including phenoxy) is 1. The third-order valence-corrected chi connectivity index (χ3v) is 2.80. The molecule has 96 valence electrons. The van der Waals surface area contributed by atoms with Crippen LogP contribution in [0.2, 0.25) is 0 Å². The van der Waals surface area contributed by atoms with Crippen LogP contribution in [0.25, 0.3) is 10.8 Å². The minimum Gasteiger partial charge on any atom is -0.423 e. The number of benzene rings is 2. The Morgan fingerprint density at radius 1 is 1.11 bits per heavy atom. The van der Waals surface area contributed by atoms with E-state index in [1.54, 1.807) is 37.3 Å². The highest BCUT2D eigenvalue weighted by Gasteiger charge is 2.09. The smallest absolute Gasteiger partial charge is 0.338 e. The van der Waals surface area contributed by atoms with E-state index in [0.29, 0.717) is 16.9 Å². The van der Waals surface area contributed by atoms with E-state index in [1.807, 2.05) is 6.07 Å². The third-order valence-electron chi connectivity index (χ3n) is 2.80. The van der Waals surface area contributed by atoms with Crippen LogP contribution >= 0.6 is 0 Å². The first-order chi connectivity index (χ1) is 8.99. The minimum absolute atomic E-state index is 0.00577. The van der Waals surface area contributed by atoms with Crippen LogP contribution in [0, 0.1) is 0 Å². The van der Waals surface area contributed by atoms with Crippen molar-refractivity contribution in [3.05, 3.63) is 54.1 Å². The Kier molecular flexibility index (Phi) is 3.47. The Labute approximate surface area is 111 Å². The second-order valence-electron chi connectivity index (χ2n) is 4.42. The normalized spacial score (nSPS) is 10.2. The largest absolute Gasteiger partial charge is 0.423 e. The number of carbonyl (C=O) groups excluding carboxylic acids is 2. The van der Waals surface area contributed by atoms with Gasteiger partial charge in [0, 0.05) is 16.5 Å². The van der Waals surface area contributed by atoms with Gasteiger partial charge in [0.05, 0.1) is 0 Å². The Morgan fingerprint density at radius 3 is 2.47 bits per heavy atom. The molecule has 0 amide bonds. The average Bonchev–Trinajstić information content (AvgIpc) is 2.38. The summed E-state index contributed by atoms with van der Waals surface area (Å²) in [6, 6.07) is 10.7. The monoisotopic (exact) mass is 254 g/mol. The zero-order chi connectivity index (χ0) is 14.0. The Morgan fingerprint density at radius 2 is 1.84 bits per heavy atom. The van der Waals surface area contributed by atoms with Crippen molar-refractivity contribution >= 4 is 22.5 Å². The van der Waals surface area contributed by atoms with Gasteiger partial charge in [-0.1, -0.05) is 24.8 Å². The molecule has 0 atom stereocenters. The van der Waals surface area contributed by atoms with Crippen molar-refractivity contribution in [2.24, 2.45) is 0 Å². The quantitative estimate of drug-likeness (QED) is 0.364. The van der Waals surface area contributed by atoms with Crippen LogP contribution in [0.1, 0.15) is 24.2 Å². The molecule has 0 spiro atoms. The van der Waals surface area contributed by atoms with E-state index in [9.17, 15) is 9.59 Å². The first-order valence-electron chi connectivity index (χ1n) is 5.90. The van der Waals surface area contributed by atoms with Crippen molar-refractivity contribution in [3.63, 3.8) is 0 Å². The van der Waals surface area contributed by atoms with E-state index < -0.39 is 5.97 Å². The standard InChI is InChI=1S/C16H14O3/c1-10(2)16(18)19-15-6-4-5-13-9-12(11(3)17)7-8-14(13)15/h4-9H,1H2,2-3H3. The summed E-state index contributed by atoms with van der Waals surface area (Å²) in [4.78, 5) is 22.9. The molecule has 0 fully saturated rings. The molecule has 0 N–H and O–H groups in total. The molecule has 0 radical (unpaired) electrons. The highest BCUT2D eigenvalue weighted by Crippen LogP contribution is 2.27. The number of rotatable bonds is 3. The lowest BCUT2D eigenvalue weighted by molar-refractivity contribution is -0.129. The molecular weight excluding hydrogens is 240 g/mol. The second kappa shape index (κ2) is 5.06. The van der Waals surface area contributed by atoms with E-state index in [1.165, 1.54) is 6.92 Å². The van der Waals surface area contributed by atoms with Crippen LogP contribution in [0.5, 0.6) is 5.75 Å². The van der Waals surface area contributed by atoms with Gasteiger partial charge < -0.3 is 4.74 Å². The second-order valence-corrected chi connectivity index (χ2v) is 4.42. The fraction of sp³-hybridized carbons (Fsp3) is 0.125. The van der Waals surface area contributed by atoms with Crippen molar-refractivity contribution < 1.29 is 14.3 Å². The molecule has 0 saturated heterocycles. The summed E-state index contributed by atoms with van der Waals surface area (Å²) in [5, 5.41) is 1.65. The van der Waals surface area contributed by atoms with Gasteiger partial charge in [0.1, 0.15) is 5.75 Å². The fourth-order valence-corrected chi connectivity index (χ4v) is 1.75. The Hall–Kier alpha value is -2.42. The first kappa shape index (κ1) is 13.0. The maximum atomic E-state index is 11.6. The van der Waals surface area contributed by atoms with Crippen LogP contribution in [0.3, 0.4) is 0 Å².